The zero-order valence-corrected chi connectivity index (χ0v) is 8.90. The molecule has 0 aromatic heterocycles. The zero-order chi connectivity index (χ0) is 9.98. The summed E-state index contributed by atoms with van der Waals surface area (Å²) in [7, 11) is 0. The van der Waals surface area contributed by atoms with Crippen LogP contribution in [-0.4, -0.2) is 12.5 Å². The fraction of sp³-hybridized carbons (Fsp3) is 0.700. The Bertz CT molecular complexity index is 135. The predicted molar refractivity (Wildman–Crippen MR) is 54.1 cm³/mol. The van der Waals surface area contributed by atoms with Crippen LogP contribution in [0.4, 0.5) is 0 Å². The molecular weight excluding hydrogens is 150 g/mol. The van der Waals surface area contributed by atoms with Crippen molar-refractivity contribution in [3.05, 3.63) is 11.6 Å². The average Bonchev–Trinajstić information content (AvgIpc) is 2.03. The maximum absolute atomic E-state index is 10.8. The van der Waals surface area contributed by atoms with Crippen molar-refractivity contribution >= 4 is 5.91 Å². The molecule has 0 heterocycles. The van der Waals surface area contributed by atoms with Gasteiger partial charge in [0.15, 0.2) is 0 Å². The molecule has 72 valence electrons. The van der Waals surface area contributed by atoms with Gasteiger partial charge in [-0.05, 0) is 20.3 Å². The molecule has 2 heteroatoms. The van der Waals surface area contributed by atoms with Crippen molar-refractivity contribution in [3.63, 3.8) is 0 Å². The van der Waals surface area contributed by atoms with Crippen molar-refractivity contribution in [2.45, 2.75) is 41.0 Å². The van der Waals surface area contributed by atoms with Gasteiger partial charge in [-0.25, -0.2) is 0 Å². The molecule has 0 aliphatic heterocycles. The largest absolute Gasteiger partial charge is 0.353 e. The molecule has 0 aromatic carbocycles. The molecule has 0 atom stereocenters. The van der Waals surface area contributed by atoms with Crippen LogP contribution in [0.5, 0.6) is 0 Å². The summed E-state index contributed by atoms with van der Waals surface area (Å²) in [6.45, 7) is 10.6. The Morgan fingerprint density at radius 2 is 1.83 bits per heavy atom. The highest BCUT2D eigenvalue weighted by Gasteiger charge is 1.91. The SMILES string of the molecule is CC.CCCNC(=O)C=C(C)C. The molecule has 0 bridgehead atoms. The van der Waals surface area contributed by atoms with Crippen LogP contribution in [0.3, 0.4) is 0 Å². The van der Waals surface area contributed by atoms with Crippen molar-refractivity contribution in [1.82, 2.24) is 5.32 Å². The lowest BCUT2D eigenvalue weighted by atomic mass is 10.3. The first-order chi connectivity index (χ1) is 5.66. The van der Waals surface area contributed by atoms with Crippen LogP contribution in [0, 0.1) is 0 Å². The molecule has 2 nitrogen and oxygen atoms in total. The van der Waals surface area contributed by atoms with Gasteiger partial charge in [0, 0.05) is 12.6 Å². The molecule has 0 saturated carbocycles. The van der Waals surface area contributed by atoms with Gasteiger partial charge >= 0.3 is 0 Å². The Labute approximate surface area is 76.1 Å². The topological polar surface area (TPSA) is 29.1 Å². The van der Waals surface area contributed by atoms with Crippen molar-refractivity contribution in [2.24, 2.45) is 0 Å². The van der Waals surface area contributed by atoms with Crippen molar-refractivity contribution in [1.29, 1.82) is 0 Å². The molecule has 0 unspecified atom stereocenters. The second-order valence-electron chi connectivity index (χ2n) is 2.51. The summed E-state index contributed by atoms with van der Waals surface area (Å²) in [6, 6.07) is 0. The first-order valence-electron chi connectivity index (χ1n) is 4.59. The van der Waals surface area contributed by atoms with Gasteiger partial charge in [0.2, 0.25) is 5.91 Å². The number of allylic oxidation sites excluding steroid dienone is 1. The predicted octanol–water partition coefficient (Wildman–Crippen LogP) is 2.51. The summed E-state index contributed by atoms with van der Waals surface area (Å²) >= 11 is 0. The third-order valence-electron chi connectivity index (χ3n) is 0.969. The third-order valence-corrected chi connectivity index (χ3v) is 0.969. The number of rotatable bonds is 3. The summed E-state index contributed by atoms with van der Waals surface area (Å²) in [5, 5.41) is 2.75. The van der Waals surface area contributed by atoms with Crippen molar-refractivity contribution in [3.8, 4) is 0 Å². The van der Waals surface area contributed by atoms with Gasteiger partial charge in [0.25, 0.3) is 0 Å². The zero-order valence-electron chi connectivity index (χ0n) is 8.90. The summed E-state index contributed by atoms with van der Waals surface area (Å²) in [5.74, 6) is 0.0156. The summed E-state index contributed by atoms with van der Waals surface area (Å²) in [5.41, 5.74) is 1.04. The summed E-state index contributed by atoms with van der Waals surface area (Å²) in [6.07, 6.45) is 2.60. The fourth-order valence-electron chi connectivity index (χ4n) is 0.561. The van der Waals surface area contributed by atoms with E-state index in [1.54, 1.807) is 6.08 Å². The highest BCUT2D eigenvalue weighted by Crippen LogP contribution is 1.86. The second kappa shape index (κ2) is 10.2. The quantitative estimate of drug-likeness (QED) is 0.649. The van der Waals surface area contributed by atoms with Gasteiger partial charge in [-0.3, -0.25) is 4.79 Å². The molecule has 0 saturated heterocycles. The van der Waals surface area contributed by atoms with Gasteiger partial charge in [0.05, 0.1) is 0 Å². The van der Waals surface area contributed by atoms with E-state index in [0.29, 0.717) is 0 Å². The number of nitrogens with one attached hydrogen (secondary N) is 1. The monoisotopic (exact) mass is 171 g/mol. The first kappa shape index (κ1) is 13.8. The maximum Gasteiger partial charge on any atom is 0.243 e. The molecule has 1 amide bonds. The summed E-state index contributed by atoms with van der Waals surface area (Å²) < 4.78 is 0. The molecule has 0 aliphatic carbocycles. The lowest BCUT2D eigenvalue weighted by Gasteiger charge is -1.97. The lowest BCUT2D eigenvalue weighted by molar-refractivity contribution is -0.116. The van der Waals surface area contributed by atoms with Crippen LogP contribution in [0.15, 0.2) is 11.6 Å². The number of carbonyl (C=O) groups is 1. The van der Waals surface area contributed by atoms with Crippen LogP contribution >= 0.6 is 0 Å². The van der Waals surface area contributed by atoms with E-state index < -0.39 is 0 Å². The molecule has 0 spiro atoms. The minimum atomic E-state index is 0.0156. The summed E-state index contributed by atoms with van der Waals surface area (Å²) in [4.78, 5) is 10.8. The molecule has 0 radical (unpaired) electrons. The standard InChI is InChI=1S/C8H15NO.C2H6/c1-4-5-9-8(10)6-7(2)3;1-2/h6H,4-5H2,1-3H3,(H,9,10);1-2H3. The van der Waals surface area contributed by atoms with Gasteiger partial charge in [-0.15, -0.1) is 0 Å². The van der Waals surface area contributed by atoms with E-state index in [4.69, 9.17) is 0 Å². The fourth-order valence-corrected chi connectivity index (χ4v) is 0.561. The molecule has 0 rings (SSSR count). The molecule has 0 aromatic rings. The van der Waals surface area contributed by atoms with Crippen LogP contribution in [0.2, 0.25) is 0 Å². The Hall–Kier alpha value is -0.790. The van der Waals surface area contributed by atoms with E-state index in [-0.39, 0.29) is 5.91 Å². The lowest BCUT2D eigenvalue weighted by Crippen LogP contribution is -2.21. The molecule has 0 aliphatic rings. The minimum Gasteiger partial charge on any atom is -0.353 e. The van der Waals surface area contributed by atoms with E-state index in [1.165, 1.54) is 0 Å². The van der Waals surface area contributed by atoms with Gasteiger partial charge in [-0.2, -0.15) is 0 Å². The number of hydrogen-bond donors (Lipinski definition) is 1. The average molecular weight is 171 g/mol. The molecule has 1 N–H and O–H groups in total. The molecular formula is C10H21NO. The van der Waals surface area contributed by atoms with Crippen LogP contribution in [0.25, 0.3) is 0 Å². The van der Waals surface area contributed by atoms with Crippen LogP contribution in [0.1, 0.15) is 41.0 Å². The highest BCUT2D eigenvalue weighted by atomic mass is 16.1. The third kappa shape index (κ3) is 11.9. The first-order valence-corrected chi connectivity index (χ1v) is 4.59. The molecule has 0 fully saturated rings. The maximum atomic E-state index is 10.8. The van der Waals surface area contributed by atoms with Crippen molar-refractivity contribution in [2.75, 3.05) is 6.54 Å². The number of hydrogen-bond acceptors (Lipinski definition) is 1. The molecule has 12 heavy (non-hydrogen) atoms. The van der Waals surface area contributed by atoms with Gasteiger partial charge in [-0.1, -0.05) is 26.3 Å². The van der Waals surface area contributed by atoms with E-state index in [9.17, 15) is 4.79 Å². The Morgan fingerprint density at radius 3 is 2.17 bits per heavy atom. The van der Waals surface area contributed by atoms with E-state index >= 15 is 0 Å². The van der Waals surface area contributed by atoms with Crippen LogP contribution < -0.4 is 5.32 Å². The van der Waals surface area contributed by atoms with Gasteiger partial charge in [0.1, 0.15) is 0 Å². The number of carbonyl (C=O) groups excluding carboxylic acids is 1. The Morgan fingerprint density at radius 1 is 1.33 bits per heavy atom. The van der Waals surface area contributed by atoms with E-state index in [0.717, 1.165) is 18.5 Å². The Balaban J connectivity index is 0. The normalized spacial score (nSPS) is 7.75. The smallest absolute Gasteiger partial charge is 0.243 e. The van der Waals surface area contributed by atoms with Crippen molar-refractivity contribution < 1.29 is 4.79 Å². The second-order valence-corrected chi connectivity index (χ2v) is 2.51. The minimum absolute atomic E-state index is 0.0156. The Kier molecular flexibility index (Phi) is 11.7. The highest BCUT2D eigenvalue weighted by molar-refractivity contribution is 5.87. The van der Waals surface area contributed by atoms with Gasteiger partial charge < -0.3 is 5.32 Å². The number of amides is 1. The van der Waals surface area contributed by atoms with Crippen LogP contribution in [-0.2, 0) is 4.79 Å². The van der Waals surface area contributed by atoms with E-state index in [2.05, 4.69) is 5.32 Å². The van der Waals surface area contributed by atoms with E-state index in [1.807, 2.05) is 34.6 Å².